The normalized spacial score (nSPS) is 23.1. The van der Waals surface area contributed by atoms with Crippen LogP contribution in [-0.4, -0.2) is 26.0 Å². The first-order valence-corrected chi connectivity index (χ1v) is 10.1. The van der Waals surface area contributed by atoms with Crippen LogP contribution in [0, 0.1) is 5.92 Å². The van der Waals surface area contributed by atoms with Crippen LogP contribution in [0.4, 0.5) is 5.69 Å². The fraction of sp³-hybridized carbons (Fsp3) is 0.600. The van der Waals surface area contributed by atoms with Gasteiger partial charge in [-0.2, -0.15) is 0 Å². The van der Waals surface area contributed by atoms with Crippen LogP contribution in [0.3, 0.4) is 0 Å². The van der Waals surface area contributed by atoms with E-state index >= 15 is 0 Å². The first-order chi connectivity index (χ1) is 9.94. The van der Waals surface area contributed by atoms with Gasteiger partial charge in [-0.05, 0) is 55.9 Å². The van der Waals surface area contributed by atoms with Crippen molar-refractivity contribution < 1.29 is 8.42 Å². The Bertz CT molecular complexity index is 535. The molecule has 1 aliphatic carbocycles. The van der Waals surface area contributed by atoms with Crippen molar-refractivity contribution in [2.45, 2.75) is 43.5 Å². The third-order valence-electron chi connectivity index (χ3n) is 3.86. The van der Waals surface area contributed by atoms with Gasteiger partial charge in [-0.3, -0.25) is 0 Å². The summed E-state index contributed by atoms with van der Waals surface area (Å²) in [6, 6.07) is 7.63. The number of hydrogen-bond donors (Lipinski definition) is 2. The average molecular weight is 329 g/mol. The van der Waals surface area contributed by atoms with Crippen molar-refractivity contribution in [3.63, 3.8) is 0 Å². The molecule has 118 valence electrons. The molecule has 4 nitrogen and oxygen atoms in total. The molecule has 3 N–H and O–H groups in total. The number of anilines is 1. The SMILES string of the molecule is CC1CCC(NS(=O)(=O)CCSc2ccc(N)cc2)CC1. The summed E-state index contributed by atoms with van der Waals surface area (Å²) in [6.45, 7) is 2.23. The smallest absolute Gasteiger partial charge is 0.212 e. The van der Waals surface area contributed by atoms with Gasteiger partial charge in [-0.25, -0.2) is 13.1 Å². The molecule has 2 rings (SSSR count). The van der Waals surface area contributed by atoms with E-state index in [0.29, 0.717) is 5.75 Å². The van der Waals surface area contributed by atoms with Crippen LogP contribution < -0.4 is 10.5 Å². The number of thioether (sulfide) groups is 1. The molecule has 0 bridgehead atoms. The Balaban J connectivity index is 1.74. The molecule has 0 amide bonds. The highest BCUT2D eigenvalue weighted by Gasteiger charge is 2.22. The summed E-state index contributed by atoms with van der Waals surface area (Å²) in [5, 5.41) is 0. The van der Waals surface area contributed by atoms with Crippen molar-refractivity contribution in [2.75, 3.05) is 17.2 Å². The molecule has 1 aromatic rings. The zero-order valence-corrected chi connectivity index (χ0v) is 14.1. The van der Waals surface area contributed by atoms with Crippen LogP contribution in [-0.2, 0) is 10.0 Å². The number of rotatable bonds is 6. The van der Waals surface area contributed by atoms with Crippen molar-refractivity contribution in [2.24, 2.45) is 5.92 Å². The Morgan fingerprint density at radius 2 is 1.81 bits per heavy atom. The van der Waals surface area contributed by atoms with E-state index in [4.69, 9.17) is 5.73 Å². The number of hydrogen-bond acceptors (Lipinski definition) is 4. The van der Waals surface area contributed by atoms with Crippen LogP contribution in [0.1, 0.15) is 32.6 Å². The monoisotopic (exact) mass is 328 g/mol. The van der Waals surface area contributed by atoms with Gasteiger partial charge >= 0.3 is 0 Å². The zero-order valence-electron chi connectivity index (χ0n) is 12.4. The average Bonchev–Trinajstić information content (AvgIpc) is 2.43. The van der Waals surface area contributed by atoms with Crippen LogP contribution in [0.25, 0.3) is 0 Å². The molecule has 0 radical (unpaired) electrons. The third-order valence-corrected chi connectivity index (χ3v) is 6.57. The molecule has 0 saturated heterocycles. The standard InChI is InChI=1S/C15H24N2O2S2/c1-12-2-6-14(7-3-12)17-21(18,19)11-10-20-15-8-4-13(16)5-9-15/h4-5,8-9,12,14,17H,2-3,6-7,10-11,16H2,1H3. The molecule has 6 heteroatoms. The third kappa shape index (κ3) is 5.88. The van der Waals surface area contributed by atoms with E-state index in [-0.39, 0.29) is 11.8 Å². The number of sulfonamides is 1. The zero-order chi connectivity index (χ0) is 15.3. The van der Waals surface area contributed by atoms with Gasteiger partial charge < -0.3 is 5.73 Å². The number of nitrogen functional groups attached to an aromatic ring is 1. The van der Waals surface area contributed by atoms with Gasteiger partial charge in [0.15, 0.2) is 0 Å². The van der Waals surface area contributed by atoms with Gasteiger partial charge in [0.2, 0.25) is 10.0 Å². The highest BCUT2D eigenvalue weighted by Crippen LogP contribution is 2.24. The molecule has 0 atom stereocenters. The van der Waals surface area contributed by atoms with Gasteiger partial charge in [-0.15, -0.1) is 11.8 Å². The first-order valence-electron chi connectivity index (χ1n) is 7.43. The molecule has 21 heavy (non-hydrogen) atoms. The maximum atomic E-state index is 12.1. The second-order valence-electron chi connectivity index (χ2n) is 5.81. The topological polar surface area (TPSA) is 72.2 Å². The molecule has 0 aliphatic heterocycles. The molecule has 1 aromatic carbocycles. The van der Waals surface area contributed by atoms with Gasteiger partial charge in [0, 0.05) is 22.4 Å². The van der Waals surface area contributed by atoms with E-state index < -0.39 is 10.0 Å². The van der Waals surface area contributed by atoms with Gasteiger partial charge in [0.25, 0.3) is 0 Å². The van der Waals surface area contributed by atoms with E-state index in [0.717, 1.165) is 42.2 Å². The van der Waals surface area contributed by atoms with Crippen LogP contribution >= 0.6 is 11.8 Å². The molecule has 0 unspecified atom stereocenters. The summed E-state index contributed by atoms with van der Waals surface area (Å²) in [5.41, 5.74) is 6.35. The maximum absolute atomic E-state index is 12.1. The van der Waals surface area contributed by atoms with Gasteiger partial charge in [0.1, 0.15) is 0 Å². The van der Waals surface area contributed by atoms with Gasteiger partial charge in [-0.1, -0.05) is 6.92 Å². The van der Waals surface area contributed by atoms with Gasteiger partial charge in [0.05, 0.1) is 5.75 Å². The predicted octanol–water partition coefficient (Wildman–Crippen LogP) is 2.86. The quantitative estimate of drug-likeness (QED) is 0.622. The summed E-state index contributed by atoms with van der Waals surface area (Å²) in [7, 11) is -3.17. The fourth-order valence-corrected chi connectivity index (χ4v) is 5.16. The Morgan fingerprint density at radius 3 is 2.43 bits per heavy atom. The minimum Gasteiger partial charge on any atom is -0.399 e. The second kappa shape index (κ2) is 7.51. The largest absolute Gasteiger partial charge is 0.399 e. The van der Waals surface area contributed by atoms with E-state index in [1.165, 1.54) is 0 Å². The fourth-order valence-electron chi connectivity index (χ4n) is 2.52. The van der Waals surface area contributed by atoms with Crippen molar-refractivity contribution in [1.82, 2.24) is 4.72 Å². The van der Waals surface area contributed by atoms with E-state index in [1.807, 2.05) is 24.3 Å². The van der Waals surface area contributed by atoms with Crippen molar-refractivity contribution >= 4 is 27.5 Å². The Morgan fingerprint density at radius 1 is 1.19 bits per heavy atom. The van der Waals surface area contributed by atoms with Crippen molar-refractivity contribution in [3.05, 3.63) is 24.3 Å². The molecule has 1 saturated carbocycles. The molecular formula is C15H24N2O2S2. The van der Waals surface area contributed by atoms with Crippen LogP contribution in [0.15, 0.2) is 29.2 Å². The number of nitrogens with one attached hydrogen (secondary N) is 1. The molecule has 0 heterocycles. The van der Waals surface area contributed by atoms with Crippen molar-refractivity contribution in [1.29, 1.82) is 0 Å². The highest BCUT2D eigenvalue weighted by atomic mass is 32.2. The predicted molar refractivity (Wildman–Crippen MR) is 89.9 cm³/mol. The van der Waals surface area contributed by atoms with E-state index in [2.05, 4.69) is 11.6 Å². The van der Waals surface area contributed by atoms with Crippen LogP contribution in [0.5, 0.6) is 0 Å². The lowest BCUT2D eigenvalue weighted by atomic mass is 9.88. The molecular weight excluding hydrogens is 304 g/mol. The molecule has 0 spiro atoms. The van der Waals surface area contributed by atoms with Crippen molar-refractivity contribution in [3.8, 4) is 0 Å². The second-order valence-corrected chi connectivity index (χ2v) is 8.85. The lowest BCUT2D eigenvalue weighted by Gasteiger charge is -2.26. The van der Waals surface area contributed by atoms with E-state index in [9.17, 15) is 8.42 Å². The Kier molecular flexibility index (Phi) is 5.96. The number of nitrogens with two attached hydrogens (primary N) is 1. The van der Waals surface area contributed by atoms with Crippen LogP contribution in [0.2, 0.25) is 0 Å². The molecule has 0 aromatic heterocycles. The lowest BCUT2D eigenvalue weighted by molar-refractivity contribution is 0.332. The van der Waals surface area contributed by atoms with E-state index in [1.54, 1.807) is 11.8 Å². The Labute approximate surface area is 131 Å². The summed E-state index contributed by atoms with van der Waals surface area (Å²) < 4.78 is 27.0. The highest BCUT2D eigenvalue weighted by molar-refractivity contribution is 8.00. The summed E-state index contributed by atoms with van der Waals surface area (Å²) >= 11 is 1.54. The lowest BCUT2D eigenvalue weighted by Crippen LogP contribution is -2.39. The number of benzene rings is 1. The Hall–Kier alpha value is -0.720. The first kappa shape index (κ1) is 16.6. The summed E-state index contributed by atoms with van der Waals surface area (Å²) in [5.74, 6) is 1.45. The molecule has 1 fully saturated rings. The molecule has 1 aliphatic rings. The minimum atomic E-state index is -3.17. The minimum absolute atomic E-state index is 0.132. The maximum Gasteiger partial charge on any atom is 0.212 e. The summed E-state index contributed by atoms with van der Waals surface area (Å²) in [4.78, 5) is 1.05. The summed E-state index contributed by atoms with van der Waals surface area (Å²) in [6.07, 6.45) is 4.16.